The predicted octanol–water partition coefficient (Wildman–Crippen LogP) is 3.81. The van der Waals surface area contributed by atoms with Crippen LogP contribution in [-0.2, 0) is 39.6 Å². The van der Waals surface area contributed by atoms with Crippen molar-refractivity contribution in [2.24, 2.45) is 18.9 Å². The third-order valence-corrected chi connectivity index (χ3v) is 11.2. The van der Waals surface area contributed by atoms with E-state index in [0.29, 0.717) is 11.4 Å². The first kappa shape index (κ1) is 38.4. The number of carbonyl (C=O) groups is 3. The SMILES string of the molecule is Cc1cc(S(=O)(=O)N(CC(C)C)C[C@H](O)[C@H](Cc2ccccc2)NC(=O)[C@H](C(C)C)N2CC(=O)N(Cc3nc4ccccc4n3C)C2=O)ccc1O. The standard InChI is InChI=1S/C38H48N6O7S/c1-24(2)20-42(52(50,51)28-16-17-32(45)26(5)18-28)21-33(46)30(19-27-12-8-7-9-13-27)40-37(48)36(25(3)4)44-23-35(47)43(38(44)49)22-34-39-29-14-10-11-15-31(29)41(34)6/h7-18,24-25,30,33,36,45-46H,19-23H2,1-6H3,(H,40,48)/t30-,33-,36-/m0/s1. The van der Waals surface area contributed by atoms with Gasteiger partial charge in [0.15, 0.2) is 0 Å². The molecule has 1 aromatic heterocycles. The molecular weight excluding hydrogens is 685 g/mol. The first-order valence-electron chi connectivity index (χ1n) is 17.4. The molecule has 0 aliphatic carbocycles. The van der Waals surface area contributed by atoms with Gasteiger partial charge in [0.1, 0.15) is 24.2 Å². The minimum Gasteiger partial charge on any atom is -0.508 e. The van der Waals surface area contributed by atoms with E-state index in [1.807, 2.05) is 80.1 Å². The van der Waals surface area contributed by atoms with Crippen LogP contribution in [0.15, 0.2) is 77.7 Å². The minimum absolute atomic E-state index is 0.0282. The van der Waals surface area contributed by atoms with E-state index in [1.54, 1.807) is 20.8 Å². The summed E-state index contributed by atoms with van der Waals surface area (Å²) in [6.07, 6.45) is -1.20. The van der Waals surface area contributed by atoms with Crippen molar-refractivity contribution in [1.29, 1.82) is 0 Å². The van der Waals surface area contributed by atoms with Gasteiger partial charge in [0.25, 0.3) is 5.91 Å². The number of phenols is 1. The van der Waals surface area contributed by atoms with E-state index < -0.39 is 52.0 Å². The molecule has 1 aliphatic heterocycles. The summed E-state index contributed by atoms with van der Waals surface area (Å²) >= 11 is 0. The van der Waals surface area contributed by atoms with Crippen LogP contribution in [0.4, 0.5) is 4.79 Å². The second kappa shape index (κ2) is 15.8. The van der Waals surface area contributed by atoms with Gasteiger partial charge in [0.05, 0.1) is 34.6 Å². The number of amides is 4. The van der Waals surface area contributed by atoms with E-state index in [4.69, 9.17) is 0 Å². The number of phenolic OH excluding ortho intramolecular Hbond substituents is 1. The lowest BCUT2D eigenvalue weighted by molar-refractivity contribution is -0.129. The lowest BCUT2D eigenvalue weighted by atomic mass is 9.97. The van der Waals surface area contributed by atoms with E-state index in [2.05, 4.69) is 10.3 Å². The van der Waals surface area contributed by atoms with Crippen molar-refractivity contribution < 1.29 is 33.0 Å². The maximum absolute atomic E-state index is 14.2. The van der Waals surface area contributed by atoms with Gasteiger partial charge in [-0.25, -0.2) is 18.2 Å². The van der Waals surface area contributed by atoms with Crippen molar-refractivity contribution in [3.05, 3.63) is 89.7 Å². The number of aromatic nitrogens is 2. The first-order chi connectivity index (χ1) is 24.6. The molecule has 4 amide bonds. The van der Waals surface area contributed by atoms with Crippen LogP contribution in [0, 0.1) is 18.8 Å². The molecule has 52 heavy (non-hydrogen) atoms. The minimum atomic E-state index is -4.12. The molecule has 1 aliphatic rings. The number of urea groups is 1. The number of nitrogens with zero attached hydrogens (tertiary/aromatic N) is 5. The Bertz CT molecular complexity index is 2030. The average molecular weight is 733 g/mol. The molecule has 5 rings (SSSR count). The Morgan fingerprint density at radius 2 is 1.65 bits per heavy atom. The lowest BCUT2D eigenvalue weighted by Gasteiger charge is -2.34. The summed E-state index contributed by atoms with van der Waals surface area (Å²) in [5.41, 5.74) is 2.77. The molecule has 1 fully saturated rings. The zero-order valence-corrected chi connectivity index (χ0v) is 31.2. The van der Waals surface area contributed by atoms with E-state index in [1.165, 1.54) is 27.4 Å². The highest BCUT2D eigenvalue weighted by molar-refractivity contribution is 7.89. The molecule has 3 atom stereocenters. The van der Waals surface area contributed by atoms with Crippen LogP contribution >= 0.6 is 0 Å². The lowest BCUT2D eigenvalue weighted by Crippen LogP contribution is -2.57. The van der Waals surface area contributed by atoms with E-state index in [-0.39, 0.29) is 49.2 Å². The number of sulfonamides is 1. The molecule has 0 bridgehead atoms. The Hall–Kier alpha value is -4.79. The van der Waals surface area contributed by atoms with Gasteiger partial charge in [-0.3, -0.25) is 14.5 Å². The molecule has 4 aromatic rings. The summed E-state index contributed by atoms with van der Waals surface area (Å²) in [5, 5.41) is 24.7. The quantitative estimate of drug-likeness (QED) is 0.155. The fourth-order valence-electron chi connectivity index (χ4n) is 6.59. The number of nitrogens with one attached hydrogen (secondary N) is 1. The Morgan fingerprint density at radius 3 is 2.29 bits per heavy atom. The first-order valence-corrected chi connectivity index (χ1v) is 18.9. The molecule has 1 saturated heterocycles. The average Bonchev–Trinajstić information content (AvgIpc) is 3.55. The number of fused-ring (bicyclic) bond motifs is 1. The zero-order valence-electron chi connectivity index (χ0n) is 30.4. The molecule has 278 valence electrons. The maximum atomic E-state index is 14.2. The van der Waals surface area contributed by atoms with Crippen LogP contribution < -0.4 is 5.32 Å². The fraction of sp³-hybridized carbons (Fsp3) is 0.421. The fourth-order valence-corrected chi connectivity index (χ4v) is 8.29. The molecule has 2 heterocycles. The maximum Gasteiger partial charge on any atom is 0.328 e. The molecule has 0 saturated carbocycles. The van der Waals surface area contributed by atoms with Crippen molar-refractivity contribution in [3.63, 3.8) is 0 Å². The van der Waals surface area contributed by atoms with E-state index >= 15 is 0 Å². The molecule has 3 aromatic carbocycles. The number of carbonyl (C=O) groups excluding carboxylic acids is 3. The third kappa shape index (κ3) is 8.30. The number of para-hydroxylation sites is 2. The summed E-state index contributed by atoms with van der Waals surface area (Å²) in [7, 11) is -2.30. The number of hydrogen-bond donors (Lipinski definition) is 3. The van der Waals surface area contributed by atoms with Crippen LogP contribution in [0.25, 0.3) is 11.0 Å². The van der Waals surface area contributed by atoms with Crippen LogP contribution in [0.2, 0.25) is 0 Å². The number of benzene rings is 3. The number of aliphatic hydroxyl groups is 1. The Balaban J connectivity index is 1.39. The summed E-state index contributed by atoms with van der Waals surface area (Å²) < 4.78 is 30.8. The van der Waals surface area contributed by atoms with E-state index in [0.717, 1.165) is 21.5 Å². The monoisotopic (exact) mass is 732 g/mol. The van der Waals surface area contributed by atoms with Gasteiger partial charge in [-0.2, -0.15) is 4.31 Å². The largest absolute Gasteiger partial charge is 0.508 e. The Kier molecular flexibility index (Phi) is 11.7. The summed E-state index contributed by atoms with van der Waals surface area (Å²) in [5.74, 6) is -1.07. The highest BCUT2D eigenvalue weighted by Gasteiger charge is 2.45. The molecule has 0 unspecified atom stereocenters. The van der Waals surface area contributed by atoms with Gasteiger partial charge in [-0.15, -0.1) is 0 Å². The van der Waals surface area contributed by atoms with Gasteiger partial charge in [0, 0.05) is 20.1 Å². The zero-order chi connectivity index (χ0) is 37.9. The number of imide groups is 1. The van der Waals surface area contributed by atoms with Crippen molar-refractivity contribution in [3.8, 4) is 5.75 Å². The van der Waals surface area contributed by atoms with Crippen molar-refractivity contribution in [2.75, 3.05) is 19.6 Å². The number of aliphatic hydroxyl groups excluding tert-OH is 1. The normalized spacial score (nSPS) is 15.7. The number of imidazole rings is 1. The Morgan fingerprint density at radius 1 is 0.981 bits per heavy atom. The van der Waals surface area contributed by atoms with Gasteiger partial charge < -0.3 is 25.0 Å². The smallest absolute Gasteiger partial charge is 0.328 e. The number of rotatable bonds is 15. The van der Waals surface area contributed by atoms with E-state index in [9.17, 15) is 33.0 Å². The third-order valence-electron chi connectivity index (χ3n) is 9.35. The Labute approximate surface area is 304 Å². The molecular formula is C38H48N6O7S. The second-order valence-corrected chi connectivity index (χ2v) is 16.1. The van der Waals surface area contributed by atoms with Crippen LogP contribution in [0.5, 0.6) is 5.75 Å². The summed E-state index contributed by atoms with van der Waals surface area (Å²) in [6, 6.07) is 18.0. The van der Waals surface area contributed by atoms with Gasteiger partial charge in [-0.05, 0) is 66.6 Å². The number of hydrogen-bond acceptors (Lipinski definition) is 8. The summed E-state index contributed by atoms with van der Waals surface area (Å²) in [6.45, 7) is 8.25. The molecule has 3 N–H and O–H groups in total. The molecule has 14 heteroatoms. The van der Waals surface area contributed by atoms with Crippen molar-refractivity contribution >= 4 is 38.9 Å². The van der Waals surface area contributed by atoms with Gasteiger partial charge in [0.2, 0.25) is 15.9 Å². The molecule has 0 radical (unpaired) electrons. The number of aryl methyl sites for hydroxylation is 2. The topological polar surface area (TPSA) is 165 Å². The van der Waals surface area contributed by atoms with Crippen LogP contribution in [-0.4, -0.2) is 98.0 Å². The second-order valence-electron chi connectivity index (χ2n) is 14.2. The summed E-state index contributed by atoms with van der Waals surface area (Å²) in [4.78, 5) is 48.2. The van der Waals surface area contributed by atoms with Crippen LogP contribution in [0.1, 0.15) is 44.6 Å². The van der Waals surface area contributed by atoms with Crippen LogP contribution in [0.3, 0.4) is 0 Å². The molecule has 0 spiro atoms. The highest BCUT2D eigenvalue weighted by atomic mass is 32.2. The predicted molar refractivity (Wildman–Crippen MR) is 197 cm³/mol. The highest BCUT2D eigenvalue weighted by Crippen LogP contribution is 2.26. The number of aromatic hydroxyl groups is 1. The van der Waals surface area contributed by atoms with Gasteiger partial charge in [-0.1, -0.05) is 70.2 Å². The van der Waals surface area contributed by atoms with Gasteiger partial charge >= 0.3 is 6.03 Å². The molecule has 13 nitrogen and oxygen atoms in total. The van der Waals surface area contributed by atoms with Crippen molar-refractivity contribution in [2.45, 2.75) is 70.7 Å². The van der Waals surface area contributed by atoms with Crippen molar-refractivity contribution in [1.82, 2.24) is 29.0 Å².